The molecule has 0 aliphatic rings. The van der Waals surface area contributed by atoms with Crippen LogP contribution in [-0.4, -0.2) is 4.98 Å². The van der Waals surface area contributed by atoms with Gasteiger partial charge in [-0.2, -0.15) is 0 Å². The first kappa shape index (κ1) is 6.96. The molecule has 0 unspecified atom stereocenters. The molecule has 0 aliphatic carbocycles. The SMILES string of the molecule is Fc1cnc(Br)c(Cl)c1. The quantitative estimate of drug-likeness (QED) is 0.600. The van der Waals surface area contributed by atoms with Crippen molar-refractivity contribution in [3.8, 4) is 0 Å². The van der Waals surface area contributed by atoms with Gasteiger partial charge in [0, 0.05) is 0 Å². The van der Waals surface area contributed by atoms with Crippen molar-refractivity contribution in [1.82, 2.24) is 4.98 Å². The number of pyridine rings is 1. The Bertz CT molecular complexity index is 228. The molecule has 4 heteroatoms. The van der Waals surface area contributed by atoms with Crippen LogP contribution in [0.25, 0.3) is 0 Å². The van der Waals surface area contributed by atoms with Crippen LogP contribution >= 0.6 is 27.5 Å². The van der Waals surface area contributed by atoms with Crippen LogP contribution in [0.15, 0.2) is 16.9 Å². The van der Waals surface area contributed by atoms with Gasteiger partial charge in [-0.1, -0.05) is 11.6 Å². The predicted octanol–water partition coefficient (Wildman–Crippen LogP) is 2.64. The molecule has 1 rings (SSSR count). The van der Waals surface area contributed by atoms with Gasteiger partial charge in [0.2, 0.25) is 0 Å². The van der Waals surface area contributed by atoms with E-state index >= 15 is 0 Å². The summed E-state index contributed by atoms with van der Waals surface area (Å²) >= 11 is 8.48. The molecule has 0 spiro atoms. The maximum Gasteiger partial charge on any atom is 0.143 e. The van der Waals surface area contributed by atoms with Crippen LogP contribution in [0.5, 0.6) is 0 Å². The van der Waals surface area contributed by atoms with Gasteiger partial charge >= 0.3 is 0 Å². The number of rotatable bonds is 0. The molecule has 0 N–H and O–H groups in total. The van der Waals surface area contributed by atoms with Crippen molar-refractivity contribution in [2.45, 2.75) is 0 Å². The zero-order valence-corrected chi connectivity index (χ0v) is 6.58. The molecular weight excluding hydrogens is 208 g/mol. The summed E-state index contributed by atoms with van der Waals surface area (Å²) in [5.74, 6) is -0.428. The first-order valence-corrected chi connectivity index (χ1v) is 3.34. The van der Waals surface area contributed by atoms with E-state index in [2.05, 4.69) is 20.9 Å². The van der Waals surface area contributed by atoms with Crippen LogP contribution in [0, 0.1) is 5.82 Å². The molecule has 48 valence electrons. The molecule has 0 amide bonds. The Kier molecular flexibility index (Phi) is 2.03. The molecule has 0 aromatic carbocycles. The van der Waals surface area contributed by atoms with E-state index in [1.165, 1.54) is 6.07 Å². The smallest absolute Gasteiger partial charge is 0.143 e. The second-order valence-corrected chi connectivity index (χ2v) is 2.58. The largest absolute Gasteiger partial charge is 0.245 e. The standard InChI is InChI=1S/C5H2BrClFN/c6-5-4(7)1-3(8)2-9-5/h1-2H. The van der Waals surface area contributed by atoms with E-state index < -0.39 is 5.82 Å². The highest BCUT2D eigenvalue weighted by Gasteiger charge is 1.97. The van der Waals surface area contributed by atoms with Gasteiger partial charge in [-0.25, -0.2) is 9.37 Å². The lowest BCUT2D eigenvalue weighted by Crippen LogP contribution is -1.78. The molecule has 0 bridgehead atoms. The van der Waals surface area contributed by atoms with Crippen LogP contribution in [0.1, 0.15) is 0 Å². The fourth-order valence-corrected chi connectivity index (χ4v) is 0.768. The first-order chi connectivity index (χ1) is 4.20. The molecule has 0 saturated heterocycles. The summed E-state index contributed by atoms with van der Waals surface area (Å²) < 4.78 is 12.6. The minimum atomic E-state index is -0.428. The Labute approximate surface area is 65.0 Å². The van der Waals surface area contributed by atoms with Gasteiger partial charge in [-0.15, -0.1) is 0 Å². The van der Waals surface area contributed by atoms with Crippen LogP contribution in [-0.2, 0) is 0 Å². The minimum Gasteiger partial charge on any atom is -0.245 e. The Morgan fingerprint density at radius 1 is 1.67 bits per heavy atom. The average Bonchev–Trinajstić information content (AvgIpc) is 1.80. The molecule has 9 heavy (non-hydrogen) atoms. The van der Waals surface area contributed by atoms with E-state index in [0.717, 1.165) is 6.20 Å². The van der Waals surface area contributed by atoms with E-state index in [-0.39, 0.29) is 5.02 Å². The summed E-state index contributed by atoms with van der Waals surface area (Å²) in [6, 6.07) is 1.19. The van der Waals surface area contributed by atoms with Gasteiger partial charge in [0.05, 0.1) is 11.2 Å². The molecule has 0 fully saturated rings. The lowest BCUT2D eigenvalue weighted by molar-refractivity contribution is 0.620. The lowest BCUT2D eigenvalue weighted by atomic mass is 10.5. The molecule has 1 aromatic heterocycles. The van der Waals surface area contributed by atoms with E-state index in [4.69, 9.17) is 11.6 Å². The topological polar surface area (TPSA) is 12.9 Å². The zero-order valence-electron chi connectivity index (χ0n) is 4.24. The first-order valence-electron chi connectivity index (χ1n) is 2.16. The van der Waals surface area contributed by atoms with E-state index in [1.54, 1.807) is 0 Å². The van der Waals surface area contributed by atoms with Crippen LogP contribution in [0.4, 0.5) is 4.39 Å². The summed E-state index contributed by atoms with van der Waals surface area (Å²) in [5.41, 5.74) is 0. The number of hydrogen-bond donors (Lipinski definition) is 0. The van der Waals surface area contributed by atoms with E-state index in [0.29, 0.717) is 4.60 Å². The molecular formula is C5H2BrClFN. The average molecular weight is 210 g/mol. The Balaban J connectivity index is 3.17. The van der Waals surface area contributed by atoms with Gasteiger partial charge in [0.1, 0.15) is 10.4 Å². The van der Waals surface area contributed by atoms with Crippen molar-refractivity contribution in [1.29, 1.82) is 0 Å². The fraction of sp³-hybridized carbons (Fsp3) is 0. The number of halogens is 3. The van der Waals surface area contributed by atoms with Crippen molar-refractivity contribution >= 4 is 27.5 Å². The van der Waals surface area contributed by atoms with Crippen molar-refractivity contribution in [3.63, 3.8) is 0 Å². The van der Waals surface area contributed by atoms with Gasteiger partial charge in [-0.05, 0) is 22.0 Å². The highest BCUT2D eigenvalue weighted by Crippen LogP contribution is 2.19. The van der Waals surface area contributed by atoms with Crippen molar-refractivity contribution < 1.29 is 4.39 Å². The van der Waals surface area contributed by atoms with Crippen LogP contribution in [0.3, 0.4) is 0 Å². The summed E-state index contributed by atoms with van der Waals surface area (Å²) in [5, 5.41) is 0.287. The van der Waals surface area contributed by atoms with Crippen molar-refractivity contribution in [2.24, 2.45) is 0 Å². The Morgan fingerprint density at radius 2 is 2.33 bits per heavy atom. The Hall–Kier alpha value is -0.150. The number of hydrogen-bond acceptors (Lipinski definition) is 1. The summed E-state index contributed by atoms with van der Waals surface area (Å²) in [7, 11) is 0. The third-order valence-electron chi connectivity index (χ3n) is 0.763. The molecule has 0 aliphatic heterocycles. The van der Waals surface area contributed by atoms with Gasteiger partial charge in [0.15, 0.2) is 0 Å². The maximum atomic E-state index is 12.2. The van der Waals surface area contributed by atoms with Crippen LogP contribution in [0.2, 0.25) is 5.02 Å². The van der Waals surface area contributed by atoms with Crippen LogP contribution < -0.4 is 0 Å². The van der Waals surface area contributed by atoms with Crippen molar-refractivity contribution in [2.75, 3.05) is 0 Å². The second-order valence-electron chi connectivity index (χ2n) is 1.43. The minimum absolute atomic E-state index is 0.287. The molecule has 1 heterocycles. The summed E-state index contributed by atoms with van der Waals surface area (Å²) in [4.78, 5) is 3.59. The molecule has 0 atom stereocenters. The predicted molar refractivity (Wildman–Crippen MR) is 36.9 cm³/mol. The molecule has 0 radical (unpaired) electrons. The van der Waals surface area contributed by atoms with E-state index in [9.17, 15) is 4.39 Å². The monoisotopic (exact) mass is 209 g/mol. The number of aromatic nitrogens is 1. The van der Waals surface area contributed by atoms with Gasteiger partial charge in [-0.3, -0.25) is 0 Å². The summed E-state index contributed by atoms with van der Waals surface area (Å²) in [6.07, 6.45) is 1.09. The van der Waals surface area contributed by atoms with Gasteiger partial charge in [0.25, 0.3) is 0 Å². The third-order valence-corrected chi connectivity index (χ3v) is 1.91. The van der Waals surface area contributed by atoms with Crippen molar-refractivity contribution in [3.05, 3.63) is 27.7 Å². The fourth-order valence-electron chi connectivity index (χ4n) is 0.398. The Morgan fingerprint density at radius 3 is 2.78 bits per heavy atom. The summed E-state index contributed by atoms with van der Waals surface area (Å²) in [6.45, 7) is 0. The second kappa shape index (κ2) is 2.62. The molecule has 1 aromatic rings. The third kappa shape index (κ3) is 1.63. The highest BCUT2D eigenvalue weighted by atomic mass is 79.9. The van der Waals surface area contributed by atoms with Gasteiger partial charge < -0.3 is 0 Å². The maximum absolute atomic E-state index is 12.2. The molecule has 0 saturated carbocycles. The highest BCUT2D eigenvalue weighted by molar-refractivity contribution is 9.10. The normalized spacial score (nSPS) is 9.67. The lowest BCUT2D eigenvalue weighted by Gasteiger charge is -1.91. The van der Waals surface area contributed by atoms with E-state index in [1.807, 2.05) is 0 Å². The molecule has 1 nitrogen and oxygen atoms in total. The number of nitrogens with zero attached hydrogens (tertiary/aromatic N) is 1. The zero-order chi connectivity index (χ0) is 6.85.